The first kappa shape index (κ1) is 17.5. The predicted molar refractivity (Wildman–Crippen MR) is 103 cm³/mol. The first-order chi connectivity index (χ1) is 11.4. The van der Waals surface area contributed by atoms with Gasteiger partial charge in [0, 0.05) is 5.02 Å². The van der Waals surface area contributed by atoms with Crippen LogP contribution in [0.2, 0.25) is 5.02 Å². The van der Waals surface area contributed by atoms with Crippen LogP contribution in [0.25, 0.3) is 6.08 Å². The van der Waals surface area contributed by atoms with E-state index in [2.05, 4.69) is 31.9 Å². The molecule has 0 spiro atoms. The molecule has 3 rings (SSSR count). The Morgan fingerprint density at radius 1 is 1.12 bits per heavy atom. The highest BCUT2D eigenvalue weighted by atomic mass is 79.9. The van der Waals surface area contributed by atoms with E-state index in [4.69, 9.17) is 11.6 Å². The maximum Gasteiger partial charge on any atom is 0.298 e. The largest absolute Gasteiger partial charge is 0.506 e. The van der Waals surface area contributed by atoms with Crippen LogP contribution in [0.5, 0.6) is 5.75 Å². The third-order valence-corrected chi connectivity index (χ3v) is 5.51. The number of halogens is 3. The van der Waals surface area contributed by atoms with Crippen molar-refractivity contribution in [2.45, 2.75) is 0 Å². The van der Waals surface area contributed by atoms with Gasteiger partial charge < -0.3 is 5.11 Å². The van der Waals surface area contributed by atoms with E-state index in [9.17, 15) is 14.7 Å². The molecule has 0 aliphatic carbocycles. The van der Waals surface area contributed by atoms with Crippen molar-refractivity contribution in [1.82, 2.24) is 0 Å². The van der Waals surface area contributed by atoms with E-state index in [1.54, 1.807) is 42.5 Å². The van der Waals surface area contributed by atoms with Crippen LogP contribution in [0.15, 0.2) is 50.2 Å². The molecule has 24 heavy (non-hydrogen) atoms. The van der Waals surface area contributed by atoms with Crippen LogP contribution < -0.4 is 4.90 Å². The lowest BCUT2D eigenvalue weighted by molar-refractivity contribution is -0.113. The quantitative estimate of drug-likeness (QED) is 0.541. The van der Waals surface area contributed by atoms with E-state index in [-0.39, 0.29) is 11.0 Å². The van der Waals surface area contributed by atoms with Gasteiger partial charge in [-0.25, -0.2) is 4.90 Å². The minimum absolute atomic E-state index is 0.0687. The van der Waals surface area contributed by atoms with Crippen LogP contribution in [-0.4, -0.2) is 16.3 Å². The third kappa shape index (κ3) is 3.39. The Bertz CT molecular complexity index is 878. The van der Waals surface area contributed by atoms with Crippen LogP contribution in [-0.2, 0) is 4.79 Å². The van der Waals surface area contributed by atoms with Gasteiger partial charge in [-0.3, -0.25) is 9.59 Å². The molecule has 2 amide bonds. The summed E-state index contributed by atoms with van der Waals surface area (Å²) in [5, 5.41) is 9.80. The predicted octanol–water partition coefficient (Wildman–Crippen LogP) is 5.81. The second-order valence-electron chi connectivity index (χ2n) is 4.83. The van der Waals surface area contributed by atoms with Gasteiger partial charge in [-0.05, 0) is 85.6 Å². The molecule has 4 nitrogen and oxygen atoms in total. The minimum Gasteiger partial charge on any atom is -0.506 e. The molecular formula is C16H8Br2ClNO3S. The molecule has 0 radical (unpaired) electrons. The molecule has 1 fully saturated rings. The number of phenolic OH excluding ortho intramolecular Hbond substituents is 1. The Morgan fingerprint density at radius 2 is 1.79 bits per heavy atom. The summed E-state index contributed by atoms with van der Waals surface area (Å²) in [4.78, 5) is 26.2. The van der Waals surface area contributed by atoms with Gasteiger partial charge in [0.15, 0.2) is 0 Å². The van der Waals surface area contributed by atoms with Crippen LogP contribution in [0, 0.1) is 0 Å². The van der Waals surface area contributed by atoms with Crippen molar-refractivity contribution in [2.24, 2.45) is 0 Å². The second-order valence-corrected chi connectivity index (χ2v) is 7.97. The molecule has 1 heterocycles. The summed E-state index contributed by atoms with van der Waals surface area (Å²) in [7, 11) is 0. The smallest absolute Gasteiger partial charge is 0.298 e. The molecule has 2 aromatic carbocycles. The zero-order chi connectivity index (χ0) is 17.4. The number of hydrogen-bond donors (Lipinski definition) is 1. The van der Waals surface area contributed by atoms with Crippen molar-refractivity contribution >= 4 is 78.1 Å². The molecule has 1 N–H and O–H groups in total. The number of hydrogen-bond acceptors (Lipinski definition) is 4. The molecule has 0 aromatic heterocycles. The number of rotatable bonds is 2. The van der Waals surface area contributed by atoms with Crippen LogP contribution in [0.1, 0.15) is 5.56 Å². The summed E-state index contributed by atoms with van der Waals surface area (Å²) in [5.74, 6) is -0.341. The van der Waals surface area contributed by atoms with E-state index >= 15 is 0 Å². The van der Waals surface area contributed by atoms with Crippen molar-refractivity contribution in [3.05, 3.63) is 60.8 Å². The summed E-state index contributed by atoms with van der Waals surface area (Å²) in [5.41, 5.74) is 1.10. The molecule has 0 unspecified atom stereocenters. The molecule has 1 aliphatic heterocycles. The Balaban J connectivity index is 1.97. The normalized spacial score (nSPS) is 16.3. The first-order valence-electron chi connectivity index (χ1n) is 6.58. The van der Waals surface area contributed by atoms with Crippen molar-refractivity contribution < 1.29 is 14.7 Å². The van der Waals surface area contributed by atoms with E-state index in [1.807, 2.05) is 0 Å². The molecule has 1 aliphatic rings. The van der Waals surface area contributed by atoms with Crippen LogP contribution >= 0.6 is 55.2 Å². The average Bonchev–Trinajstić information content (AvgIpc) is 2.79. The lowest BCUT2D eigenvalue weighted by Crippen LogP contribution is -2.27. The third-order valence-electron chi connectivity index (χ3n) is 3.20. The lowest BCUT2D eigenvalue weighted by Gasteiger charge is -2.12. The number of carbonyl (C=O) groups excluding carboxylic acids is 2. The number of imide groups is 1. The maximum absolute atomic E-state index is 12.6. The Hall–Kier alpha value is -1.28. The van der Waals surface area contributed by atoms with Gasteiger partial charge in [0.2, 0.25) is 0 Å². The van der Waals surface area contributed by atoms with Crippen molar-refractivity contribution in [1.29, 1.82) is 0 Å². The first-order valence-corrected chi connectivity index (χ1v) is 9.36. The zero-order valence-electron chi connectivity index (χ0n) is 11.8. The van der Waals surface area contributed by atoms with Crippen LogP contribution in [0.3, 0.4) is 0 Å². The van der Waals surface area contributed by atoms with E-state index < -0.39 is 5.91 Å². The highest BCUT2D eigenvalue weighted by Gasteiger charge is 2.36. The number of amides is 2. The molecule has 1 saturated heterocycles. The average molecular weight is 490 g/mol. The van der Waals surface area contributed by atoms with Crippen LogP contribution in [0.4, 0.5) is 10.5 Å². The number of benzene rings is 2. The number of phenols is 1. The zero-order valence-corrected chi connectivity index (χ0v) is 16.5. The van der Waals surface area contributed by atoms with Crippen molar-refractivity contribution in [3.63, 3.8) is 0 Å². The van der Waals surface area contributed by atoms with Gasteiger partial charge in [0.05, 0.1) is 19.5 Å². The van der Waals surface area contributed by atoms with Gasteiger partial charge in [-0.2, -0.15) is 0 Å². The highest BCUT2D eigenvalue weighted by Crippen LogP contribution is 2.38. The summed E-state index contributed by atoms with van der Waals surface area (Å²) in [6.07, 6.45) is 1.60. The van der Waals surface area contributed by atoms with Crippen molar-refractivity contribution in [3.8, 4) is 5.75 Å². The standard InChI is InChI=1S/C16H8Br2ClNO3S/c17-11-4-8(5-12(18)14(11)21)6-13-15(22)20(16(23)24-13)10-3-1-2-9(19)7-10/h1-7,21H/b13-6-. The summed E-state index contributed by atoms with van der Waals surface area (Å²) < 4.78 is 0.967. The van der Waals surface area contributed by atoms with Gasteiger partial charge in [0.1, 0.15) is 5.75 Å². The molecular weight excluding hydrogens is 482 g/mol. The molecule has 122 valence electrons. The monoisotopic (exact) mass is 487 g/mol. The summed E-state index contributed by atoms with van der Waals surface area (Å²) >= 11 is 13.3. The van der Waals surface area contributed by atoms with Crippen molar-refractivity contribution in [2.75, 3.05) is 4.90 Å². The Morgan fingerprint density at radius 3 is 2.42 bits per heavy atom. The fourth-order valence-corrected chi connectivity index (χ4v) is 4.37. The van der Waals surface area contributed by atoms with Gasteiger partial charge in [-0.15, -0.1) is 0 Å². The molecule has 0 saturated carbocycles. The van der Waals surface area contributed by atoms with E-state index in [0.29, 0.717) is 30.1 Å². The molecule has 0 bridgehead atoms. The summed E-state index contributed by atoms with van der Waals surface area (Å²) in [6, 6.07) is 9.89. The second kappa shape index (κ2) is 6.92. The maximum atomic E-state index is 12.6. The fourth-order valence-electron chi connectivity index (χ4n) is 2.13. The van der Waals surface area contributed by atoms with Gasteiger partial charge in [-0.1, -0.05) is 17.7 Å². The summed E-state index contributed by atoms with van der Waals surface area (Å²) in [6.45, 7) is 0. The number of nitrogens with zero attached hydrogens (tertiary/aromatic N) is 1. The van der Waals surface area contributed by atoms with Gasteiger partial charge in [0.25, 0.3) is 11.1 Å². The highest BCUT2D eigenvalue weighted by molar-refractivity contribution is 9.11. The lowest BCUT2D eigenvalue weighted by atomic mass is 10.2. The Labute approximate surface area is 163 Å². The SMILES string of the molecule is O=C1S/C(=C\c2cc(Br)c(O)c(Br)c2)C(=O)N1c1cccc(Cl)c1. The van der Waals surface area contributed by atoms with E-state index in [1.165, 1.54) is 0 Å². The molecule has 8 heteroatoms. The molecule has 2 aromatic rings. The Kier molecular flexibility index (Phi) is 5.05. The number of thioether (sulfide) groups is 1. The van der Waals surface area contributed by atoms with Gasteiger partial charge >= 0.3 is 0 Å². The fraction of sp³-hybridized carbons (Fsp3) is 0. The molecule has 0 atom stereocenters. The number of aromatic hydroxyl groups is 1. The number of anilines is 1. The number of carbonyl (C=O) groups is 2. The van der Waals surface area contributed by atoms with E-state index in [0.717, 1.165) is 16.7 Å². The minimum atomic E-state index is -0.410. The topological polar surface area (TPSA) is 57.6 Å².